The van der Waals surface area contributed by atoms with Crippen LogP contribution in [0, 0.1) is 11.8 Å². The summed E-state index contributed by atoms with van der Waals surface area (Å²) < 4.78 is 16.9. The van der Waals surface area contributed by atoms with E-state index in [0.717, 1.165) is 69.6 Å². The maximum absolute atomic E-state index is 12.9. The molecule has 2 unspecified atom stereocenters. The van der Waals surface area contributed by atoms with Crippen molar-refractivity contribution in [2.24, 2.45) is 11.8 Å². The maximum atomic E-state index is 12.9. The Morgan fingerprint density at radius 1 is 0.299 bits per heavy atom. The molecule has 0 heterocycles. The number of ether oxygens (including phenoxy) is 3. The summed E-state index contributed by atoms with van der Waals surface area (Å²) in [6.07, 6.45) is 58.0. The number of rotatable bonds is 55. The summed E-state index contributed by atoms with van der Waals surface area (Å²) >= 11 is 0. The first kappa shape index (κ1) is 65.4. The van der Waals surface area contributed by atoms with Crippen molar-refractivity contribution < 1.29 is 28.6 Å². The average Bonchev–Trinajstić information content (AvgIpc) is 3.33. The number of hydrogen-bond donors (Lipinski definition) is 0. The summed E-state index contributed by atoms with van der Waals surface area (Å²) in [5.74, 6) is 0.926. The van der Waals surface area contributed by atoms with E-state index in [9.17, 15) is 14.4 Å². The van der Waals surface area contributed by atoms with Crippen molar-refractivity contribution in [3.05, 3.63) is 0 Å². The van der Waals surface area contributed by atoms with Gasteiger partial charge in [0.2, 0.25) is 0 Å². The van der Waals surface area contributed by atoms with Gasteiger partial charge in [0.1, 0.15) is 13.2 Å². The van der Waals surface area contributed by atoms with E-state index in [2.05, 4.69) is 34.6 Å². The van der Waals surface area contributed by atoms with Crippen molar-refractivity contribution in [3.8, 4) is 0 Å². The van der Waals surface area contributed by atoms with E-state index in [1.54, 1.807) is 0 Å². The summed E-state index contributed by atoms with van der Waals surface area (Å²) in [5, 5.41) is 0. The van der Waals surface area contributed by atoms with Crippen LogP contribution in [0.25, 0.3) is 0 Å². The number of carbonyl (C=O) groups is 3. The van der Waals surface area contributed by atoms with Crippen LogP contribution in [-0.4, -0.2) is 37.2 Å². The molecule has 0 aliphatic heterocycles. The Morgan fingerprint density at radius 3 is 0.776 bits per heavy atom. The Bertz CT molecular complexity index is 1030. The molecule has 0 fully saturated rings. The quantitative estimate of drug-likeness (QED) is 0.0343. The Labute approximate surface area is 418 Å². The predicted molar refractivity (Wildman–Crippen MR) is 289 cm³/mol. The summed E-state index contributed by atoms with van der Waals surface area (Å²) in [6, 6.07) is 0. The molecule has 6 nitrogen and oxygen atoms in total. The third-order valence-corrected chi connectivity index (χ3v) is 14.7. The molecule has 0 aromatic rings. The molecule has 0 amide bonds. The third kappa shape index (κ3) is 52.1. The second-order valence-electron chi connectivity index (χ2n) is 21.5. The highest BCUT2D eigenvalue weighted by molar-refractivity contribution is 5.71. The van der Waals surface area contributed by atoms with Gasteiger partial charge in [0.25, 0.3) is 0 Å². The number of hydrogen-bond acceptors (Lipinski definition) is 6. The van der Waals surface area contributed by atoms with E-state index in [-0.39, 0.29) is 31.1 Å². The van der Waals surface area contributed by atoms with Crippen molar-refractivity contribution >= 4 is 17.9 Å². The van der Waals surface area contributed by atoms with Crippen LogP contribution in [0.5, 0.6) is 0 Å². The van der Waals surface area contributed by atoms with Crippen LogP contribution in [0.1, 0.15) is 343 Å². The molecular formula is C61H118O6. The Morgan fingerprint density at radius 2 is 0.522 bits per heavy atom. The predicted octanol–water partition coefficient (Wildman–Crippen LogP) is 20.0. The van der Waals surface area contributed by atoms with Crippen LogP contribution in [0.2, 0.25) is 0 Å². The fraction of sp³-hybridized carbons (Fsp3) is 0.951. The topological polar surface area (TPSA) is 78.9 Å². The van der Waals surface area contributed by atoms with Gasteiger partial charge >= 0.3 is 17.9 Å². The van der Waals surface area contributed by atoms with Crippen LogP contribution in [0.3, 0.4) is 0 Å². The van der Waals surface area contributed by atoms with E-state index in [1.807, 2.05) is 0 Å². The van der Waals surface area contributed by atoms with E-state index in [1.165, 1.54) is 231 Å². The van der Waals surface area contributed by atoms with Crippen LogP contribution >= 0.6 is 0 Å². The molecule has 0 aromatic carbocycles. The zero-order chi connectivity index (χ0) is 48.9. The minimum atomic E-state index is -0.763. The molecule has 67 heavy (non-hydrogen) atoms. The van der Waals surface area contributed by atoms with Gasteiger partial charge in [-0.2, -0.15) is 0 Å². The highest BCUT2D eigenvalue weighted by Gasteiger charge is 2.19. The van der Waals surface area contributed by atoms with Crippen LogP contribution in [0.4, 0.5) is 0 Å². The second kappa shape index (κ2) is 53.8. The fourth-order valence-corrected chi connectivity index (χ4v) is 9.34. The summed E-state index contributed by atoms with van der Waals surface area (Å²) in [4.78, 5) is 38.2. The lowest BCUT2D eigenvalue weighted by molar-refractivity contribution is -0.167. The van der Waals surface area contributed by atoms with Gasteiger partial charge in [0.05, 0.1) is 0 Å². The Balaban J connectivity index is 4.29. The molecule has 0 aromatic heterocycles. The minimum absolute atomic E-state index is 0.0625. The summed E-state index contributed by atoms with van der Waals surface area (Å²) in [6.45, 7) is 11.5. The highest BCUT2D eigenvalue weighted by Crippen LogP contribution is 2.19. The zero-order valence-corrected chi connectivity index (χ0v) is 46.0. The smallest absolute Gasteiger partial charge is 0.306 e. The van der Waals surface area contributed by atoms with Crippen LogP contribution in [-0.2, 0) is 28.6 Å². The SMILES string of the molecule is CCCCCCCCCCCCCCCCCCCC(=O)OC[C@@H](COC(=O)CCCCCCCCCCCCCCCCC(C)CC)OC(=O)CCCCCCCCCCCCC(C)CC. The number of esters is 3. The minimum Gasteiger partial charge on any atom is -0.462 e. The summed E-state index contributed by atoms with van der Waals surface area (Å²) in [7, 11) is 0. The van der Waals surface area contributed by atoms with Gasteiger partial charge in [0.15, 0.2) is 6.10 Å². The van der Waals surface area contributed by atoms with Gasteiger partial charge in [-0.25, -0.2) is 0 Å². The molecule has 0 N–H and O–H groups in total. The first-order valence-corrected chi connectivity index (χ1v) is 30.3. The largest absolute Gasteiger partial charge is 0.462 e. The lowest BCUT2D eigenvalue weighted by Crippen LogP contribution is -2.30. The van der Waals surface area contributed by atoms with E-state index in [4.69, 9.17) is 14.2 Å². The molecule has 0 rings (SSSR count). The molecule has 0 spiro atoms. The summed E-state index contributed by atoms with van der Waals surface area (Å²) in [5.41, 5.74) is 0. The van der Waals surface area contributed by atoms with E-state index in [0.29, 0.717) is 19.3 Å². The van der Waals surface area contributed by atoms with Crippen molar-refractivity contribution in [2.75, 3.05) is 13.2 Å². The van der Waals surface area contributed by atoms with Crippen LogP contribution < -0.4 is 0 Å². The average molecular weight is 948 g/mol. The second-order valence-corrected chi connectivity index (χ2v) is 21.5. The molecule has 3 atom stereocenters. The van der Waals surface area contributed by atoms with Crippen molar-refractivity contribution in [3.63, 3.8) is 0 Å². The molecule has 398 valence electrons. The van der Waals surface area contributed by atoms with Crippen molar-refractivity contribution in [1.82, 2.24) is 0 Å². The zero-order valence-electron chi connectivity index (χ0n) is 46.0. The molecule has 0 bridgehead atoms. The highest BCUT2D eigenvalue weighted by atomic mass is 16.6. The van der Waals surface area contributed by atoms with Crippen molar-refractivity contribution in [1.29, 1.82) is 0 Å². The van der Waals surface area contributed by atoms with Gasteiger partial charge in [-0.1, -0.05) is 304 Å². The third-order valence-electron chi connectivity index (χ3n) is 14.7. The fourth-order valence-electron chi connectivity index (χ4n) is 9.34. The number of unbranched alkanes of at least 4 members (excludes halogenated alkanes) is 38. The van der Waals surface area contributed by atoms with Gasteiger partial charge in [-0.05, 0) is 31.1 Å². The van der Waals surface area contributed by atoms with Gasteiger partial charge in [-0.3, -0.25) is 14.4 Å². The monoisotopic (exact) mass is 947 g/mol. The lowest BCUT2D eigenvalue weighted by atomic mass is 9.99. The first-order chi connectivity index (χ1) is 32.8. The van der Waals surface area contributed by atoms with E-state index < -0.39 is 6.10 Å². The van der Waals surface area contributed by atoms with Gasteiger partial charge in [-0.15, -0.1) is 0 Å². The Hall–Kier alpha value is -1.59. The molecule has 0 saturated heterocycles. The standard InChI is InChI=1S/C61H118O6/c1-6-9-10-11-12-13-14-15-16-17-18-22-25-31-36-41-46-51-59(62)65-54-58(67-61(64)53-48-43-38-33-28-27-30-35-40-45-50-57(5)8-3)55-66-60(63)52-47-42-37-32-26-23-20-19-21-24-29-34-39-44-49-56(4)7-2/h56-58H,6-55H2,1-5H3/t56?,57?,58-/m0/s1. The van der Waals surface area contributed by atoms with Crippen molar-refractivity contribution in [2.45, 2.75) is 349 Å². The van der Waals surface area contributed by atoms with Gasteiger partial charge in [0, 0.05) is 19.3 Å². The van der Waals surface area contributed by atoms with Crippen LogP contribution in [0.15, 0.2) is 0 Å². The molecule has 0 aliphatic carbocycles. The normalized spacial score (nSPS) is 12.9. The lowest BCUT2D eigenvalue weighted by Gasteiger charge is -2.18. The molecule has 6 heteroatoms. The maximum Gasteiger partial charge on any atom is 0.306 e. The van der Waals surface area contributed by atoms with Gasteiger partial charge < -0.3 is 14.2 Å². The first-order valence-electron chi connectivity index (χ1n) is 30.3. The molecule has 0 aliphatic rings. The Kier molecular flexibility index (Phi) is 52.5. The molecule has 0 radical (unpaired) electrons. The molecular weight excluding hydrogens is 829 g/mol. The van der Waals surface area contributed by atoms with E-state index >= 15 is 0 Å². The number of carbonyl (C=O) groups excluding carboxylic acids is 3. The molecule has 0 saturated carbocycles.